The van der Waals surface area contributed by atoms with Crippen molar-refractivity contribution < 1.29 is 9.53 Å². The Bertz CT molecular complexity index is 571. The first-order valence-corrected chi connectivity index (χ1v) is 8.07. The maximum atomic E-state index is 12.3. The zero-order valence-corrected chi connectivity index (χ0v) is 13.4. The maximum Gasteiger partial charge on any atom is 0.327 e. The number of ether oxygens (including phenoxy) is 1. The molecule has 1 aliphatic rings. The van der Waals surface area contributed by atoms with Crippen molar-refractivity contribution in [2.45, 2.75) is 37.4 Å². The number of hydrogen-bond donors (Lipinski definition) is 2. The van der Waals surface area contributed by atoms with E-state index in [4.69, 9.17) is 4.74 Å². The Balaban J connectivity index is 2.15. The highest BCUT2D eigenvalue weighted by molar-refractivity contribution is 7.99. The van der Waals surface area contributed by atoms with Crippen LogP contribution in [0.25, 0.3) is 0 Å². The van der Waals surface area contributed by atoms with Crippen molar-refractivity contribution in [2.24, 2.45) is 5.92 Å². The zero-order chi connectivity index (χ0) is 15.5. The largest absolute Gasteiger partial charge is 0.465 e. The van der Waals surface area contributed by atoms with Gasteiger partial charge in [-0.2, -0.15) is 0 Å². The van der Waals surface area contributed by atoms with E-state index >= 15 is 0 Å². The Morgan fingerprint density at radius 1 is 1.62 bits per heavy atom. The summed E-state index contributed by atoms with van der Waals surface area (Å²) in [6.07, 6.45) is 2.02. The third kappa shape index (κ3) is 3.65. The van der Waals surface area contributed by atoms with Crippen molar-refractivity contribution in [1.29, 1.82) is 0 Å². The number of nitrogens with one attached hydrogen (secondary N) is 2. The first kappa shape index (κ1) is 16.0. The van der Waals surface area contributed by atoms with Gasteiger partial charge in [0, 0.05) is 17.5 Å². The number of thioether (sulfide) groups is 1. The van der Waals surface area contributed by atoms with Crippen molar-refractivity contribution >= 4 is 17.7 Å². The second kappa shape index (κ2) is 6.62. The van der Waals surface area contributed by atoms with Gasteiger partial charge in [0.1, 0.15) is 5.54 Å². The molecular weight excluding hydrogens is 290 g/mol. The van der Waals surface area contributed by atoms with Gasteiger partial charge in [0.25, 0.3) is 5.56 Å². The molecule has 1 unspecified atom stereocenters. The average molecular weight is 311 g/mol. The number of aromatic amines is 1. The van der Waals surface area contributed by atoms with E-state index in [0.717, 1.165) is 12.8 Å². The molecule has 116 valence electrons. The molecule has 0 saturated heterocycles. The molecule has 0 radical (unpaired) electrons. The number of carbonyl (C=O) groups is 1. The quantitative estimate of drug-likeness (QED) is 0.446. The summed E-state index contributed by atoms with van der Waals surface area (Å²) in [6, 6.07) is 1.45. The Morgan fingerprint density at radius 3 is 2.86 bits per heavy atom. The van der Waals surface area contributed by atoms with Gasteiger partial charge in [0.05, 0.1) is 6.61 Å². The third-order valence-electron chi connectivity index (χ3n) is 3.64. The van der Waals surface area contributed by atoms with Gasteiger partial charge in [-0.15, -0.1) is 0 Å². The van der Waals surface area contributed by atoms with Crippen LogP contribution in [0.15, 0.2) is 16.0 Å². The molecule has 1 heterocycles. The number of likely N-dealkylation sites (N-methyl/N-ethyl adjacent to an activating group) is 1. The summed E-state index contributed by atoms with van der Waals surface area (Å²) in [6.45, 7) is 3.94. The number of aromatic nitrogens is 2. The average Bonchev–Trinajstić information content (AvgIpc) is 3.24. The van der Waals surface area contributed by atoms with Crippen molar-refractivity contribution in [3.63, 3.8) is 0 Å². The predicted molar refractivity (Wildman–Crippen MR) is 81.5 cm³/mol. The summed E-state index contributed by atoms with van der Waals surface area (Å²) < 4.78 is 5.23. The summed E-state index contributed by atoms with van der Waals surface area (Å²) in [4.78, 5) is 30.8. The fourth-order valence-electron chi connectivity index (χ4n) is 2.36. The SMILES string of the molecule is CCOC(=O)C(CSc1nc(C)cc(=O)[nH]1)(NC)C1CC1. The van der Waals surface area contributed by atoms with E-state index in [1.807, 2.05) is 0 Å². The summed E-state index contributed by atoms with van der Waals surface area (Å²) in [7, 11) is 1.78. The molecule has 2 N–H and O–H groups in total. The van der Waals surface area contributed by atoms with Crippen LogP contribution in [0.1, 0.15) is 25.5 Å². The first-order chi connectivity index (χ1) is 10.0. The van der Waals surface area contributed by atoms with Gasteiger partial charge in [-0.25, -0.2) is 4.98 Å². The van der Waals surface area contributed by atoms with Gasteiger partial charge in [0.2, 0.25) is 0 Å². The lowest BCUT2D eigenvalue weighted by Gasteiger charge is -2.30. The summed E-state index contributed by atoms with van der Waals surface area (Å²) in [5, 5.41) is 3.68. The van der Waals surface area contributed by atoms with E-state index in [9.17, 15) is 9.59 Å². The van der Waals surface area contributed by atoms with Gasteiger partial charge in [-0.3, -0.25) is 9.59 Å². The topological polar surface area (TPSA) is 84.1 Å². The molecule has 21 heavy (non-hydrogen) atoms. The summed E-state index contributed by atoms with van der Waals surface area (Å²) in [5.74, 6) is 0.544. The fraction of sp³-hybridized carbons (Fsp3) is 0.643. The van der Waals surface area contributed by atoms with Crippen molar-refractivity contribution in [3.8, 4) is 0 Å². The van der Waals surface area contributed by atoms with E-state index in [0.29, 0.717) is 23.2 Å². The number of nitrogens with zero attached hydrogens (tertiary/aromatic N) is 1. The molecule has 1 aliphatic carbocycles. The minimum atomic E-state index is -0.705. The van der Waals surface area contributed by atoms with E-state index < -0.39 is 5.54 Å². The number of esters is 1. The van der Waals surface area contributed by atoms with Crippen molar-refractivity contribution in [2.75, 3.05) is 19.4 Å². The molecular formula is C14H21N3O3S. The van der Waals surface area contributed by atoms with Crippen LogP contribution in [0.2, 0.25) is 0 Å². The number of hydrogen-bond acceptors (Lipinski definition) is 6. The van der Waals surface area contributed by atoms with Gasteiger partial charge in [-0.1, -0.05) is 11.8 Å². The fourth-order valence-corrected chi connectivity index (χ4v) is 3.60. The van der Waals surface area contributed by atoms with Crippen LogP contribution in [0.5, 0.6) is 0 Å². The number of rotatable bonds is 7. The molecule has 0 aromatic carbocycles. The third-order valence-corrected chi connectivity index (χ3v) is 4.71. The Kier molecular flexibility index (Phi) is 5.05. The highest BCUT2D eigenvalue weighted by Crippen LogP contribution is 2.42. The molecule has 1 fully saturated rings. The standard InChI is InChI=1S/C14H21N3O3S/c1-4-20-12(19)14(15-3,10-5-6-10)8-21-13-16-9(2)7-11(18)17-13/h7,10,15H,4-6,8H2,1-3H3,(H,16,17,18). The summed E-state index contributed by atoms with van der Waals surface area (Å²) >= 11 is 1.37. The lowest BCUT2D eigenvalue weighted by Crippen LogP contribution is -2.55. The molecule has 1 aromatic rings. The number of H-pyrrole nitrogens is 1. The van der Waals surface area contributed by atoms with Crippen LogP contribution in [0, 0.1) is 12.8 Å². The normalized spacial score (nSPS) is 17.3. The maximum absolute atomic E-state index is 12.3. The van der Waals surface area contributed by atoms with Crippen LogP contribution in [-0.4, -0.2) is 40.9 Å². The molecule has 1 saturated carbocycles. The summed E-state index contributed by atoms with van der Waals surface area (Å²) in [5.41, 5.74) is -0.218. The molecule has 0 aliphatic heterocycles. The number of carbonyl (C=O) groups excluding carboxylic acids is 1. The second-order valence-corrected chi connectivity index (χ2v) is 6.16. The van der Waals surface area contributed by atoms with Gasteiger partial charge < -0.3 is 15.0 Å². The van der Waals surface area contributed by atoms with Crippen LogP contribution >= 0.6 is 11.8 Å². The van der Waals surface area contributed by atoms with E-state index in [-0.39, 0.29) is 17.4 Å². The lowest BCUT2D eigenvalue weighted by atomic mass is 9.96. The monoisotopic (exact) mass is 311 g/mol. The molecule has 1 aromatic heterocycles. The van der Waals surface area contributed by atoms with Crippen LogP contribution in [0.4, 0.5) is 0 Å². The number of aryl methyl sites for hydroxylation is 1. The molecule has 0 spiro atoms. The van der Waals surface area contributed by atoms with Gasteiger partial charge >= 0.3 is 5.97 Å². The molecule has 7 heteroatoms. The first-order valence-electron chi connectivity index (χ1n) is 7.08. The van der Waals surface area contributed by atoms with E-state index in [1.54, 1.807) is 20.9 Å². The van der Waals surface area contributed by atoms with Gasteiger partial charge in [-0.05, 0) is 39.7 Å². The van der Waals surface area contributed by atoms with Crippen molar-refractivity contribution in [1.82, 2.24) is 15.3 Å². The van der Waals surface area contributed by atoms with Gasteiger partial charge in [0.15, 0.2) is 5.16 Å². The van der Waals surface area contributed by atoms with Crippen LogP contribution in [-0.2, 0) is 9.53 Å². The highest BCUT2D eigenvalue weighted by Gasteiger charge is 2.51. The second-order valence-electron chi connectivity index (χ2n) is 5.20. The minimum Gasteiger partial charge on any atom is -0.465 e. The van der Waals surface area contributed by atoms with E-state index in [2.05, 4.69) is 15.3 Å². The molecule has 0 amide bonds. The lowest BCUT2D eigenvalue weighted by molar-refractivity contribution is -0.150. The van der Waals surface area contributed by atoms with Crippen molar-refractivity contribution in [3.05, 3.63) is 22.1 Å². The predicted octanol–water partition coefficient (Wildman–Crippen LogP) is 1.10. The van der Waals surface area contributed by atoms with Crippen LogP contribution in [0.3, 0.4) is 0 Å². The minimum absolute atomic E-state index is 0.178. The molecule has 6 nitrogen and oxygen atoms in total. The smallest absolute Gasteiger partial charge is 0.327 e. The zero-order valence-electron chi connectivity index (χ0n) is 12.6. The molecule has 1 atom stereocenters. The van der Waals surface area contributed by atoms with Crippen LogP contribution < -0.4 is 10.9 Å². The molecule has 0 bridgehead atoms. The Morgan fingerprint density at radius 2 is 2.33 bits per heavy atom. The van der Waals surface area contributed by atoms with E-state index in [1.165, 1.54) is 17.8 Å². The molecule has 2 rings (SSSR count). The Hall–Kier alpha value is -1.34. The Labute approximate surface area is 128 Å². The highest BCUT2D eigenvalue weighted by atomic mass is 32.2.